The average Bonchev–Trinajstić information content (AvgIpc) is 2.77. The molecular weight excluding hydrogens is 262 g/mol. The molecule has 0 radical (unpaired) electrons. The first-order chi connectivity index (χ1) is 9.47. The third kappa shape index (κ3) is 3.12. The van der Waals surface area contributed by atoms with Crippen molar-refractivity contribution in [1.29, 1.82) is 0 Å². The second-order valence-electron chi connectivity index (χ2n) is 4.50. The van der Waals surface area contributed by atoms with Crippen LogP contribution in [0.2, 0.25) is 0 Å². The molecule has 106 valence electrons. The van der Waals surface area contributed by atoms with Crippen LogP contribution in [-0.4, -0.2) is 43.6 Å². The number of aliphatic carboxylic acids is 1. The van der Waals surface area contributed by atoms with Crippen LogP contribution in [0.15, 0.2) is 30.6 Å². The molecule has 2 rings (SSSR count). The Morgan fingerprint density at radius 3 is 2.80 bits per heavy atom. The number of aliphatic hydroxyl groups excluding tert-OH is 1. The third-order valence-corrected chi connectivity index (χ3v) is 2.82. The van der Waals surface area contributed by atoms with Crippen molar-refractivity contribution in [3.05, 3.63) is 36.3 Å². The lowest BCUT2D eigenvalue weighted by Gasteiger charge is -2.16. The summed E-state index contributed by atoms with van der Waals surface area (Å²) in [4.78, 5) is 26.9. The Morgan fingerprint density at radius 1 is 1.45 bits per heavy atom. The van der Waals surface area contributed by atoms with Crippen LogP contribution in [-0.2, 0) is 16.0 Å². The molecule has 0 fully saturated rings. The van der Waals surface area contributed by atoms with Gasteiger partial charge in [-0.05, 0) is 19.1 Å². The van der Waals surface area contributed by atoms with Crippen LogP contribution in [0.1, 0.15) is 12.6 Å². The number of nitrogens with zero attached hydrogens (tertiary/aromatic N) is 2. The van der Waals surface area contributed by atoms with E-state index in [-0.39, 0.29) is 6.42 Å². The largest absolute Gasteiger partial charge is 0.480 e. The van der Waals surface area contributed by atoms with Gasteiger partial charge in [-0.1, -0.05) is 6.07 Å². The number of hydrogen-bond donors (Lipinski definition) is 3. The van der Waals surface area contributed by atoms with Gasteiger partial charge >= 0.3 is 5.97 Å². The zero-order chi connectivity index (χ0) is 14.7. The first-order valence-corrected chi connectivity index (χ1v) is 6.10. The smallest absolute Gasteiger partial charge is 0.328 e. The molecule has 0 spiro atoms. The van der Waals surface area contributed by atoms with E-state index >= 15 is 0 Å². The molecule has 0 aliphatic heterocycles. The summed E-state index contributed by atoms with van der Waals surface area (Å²) in [5, 5.41) is 20.4. The summed E-state index contributed by atoms with van der Waals surface area (Å²) >= 11 is 0. The van der Waals surface area contributed by atoms with Gasteiger partial charge < -0.3 is 19.9 Å². The second kappa shape index (κ2) is 5.70. The number of imidazole rings is 1. The highest BCUT2D eigenvalue weighted by Gasteiger charge is 2.25. The number of nitrogens with one attached hydrogen (secondary N) is 1. The number of carboxylic acids is 1. The number of fused-ring (bicyclic) bond motifs is 1. The van der Waals surface area contributed by atoms with Gasteiger partial charge in [0.1, 0.15) is 5.65 Å². The van der Waals surface area contributed by atoms with Crippen LogP contribution in [0.5, 0.6) is 0 Å². The molecule has 2 aromatic rings. The summed E-state index contributed by atoms with van der Waals surface area (Å²) in [6.45, 7) is 1.31. The number of rotatable bonds is 5. The Morgan fingerprint density at radius 2 is 2.20 bits per heavy atom. The maximum Gasteiger partial charge on any atom is 0.328 e. The normalized spacial score (nSPS) is 13.9. The number of aliphatic hydroxyl groups is 1. The molecule has 2 atom stereocenters. The van der Waals surface area contributed by atoms with Gasteiger partial charge in [0.05, 0.1) is 18.2 Å². The predicted molar refractivity (Wildman–Crippen MR) is 70.1 cm³/mol. The first kappa shape index (κ1) is 14.0. The minimum atomic E-state index is -1.32. The summed E-state index contributed by atoms with van der Waals surface area (Å²) in [7, 11) is 0. The van der Waals surface area contributed by atoms with Gasteiger partial charge in [-0.25, -0.2) is 9.78 Å². The number of aromatic nitrogens is 2. The maximum absolute atomic E-state index is 11.8. The quantitative estimate of drug-likeness (QED) is 0.703. The lowest BCUT2D eigenvalue weighted by atomic mass is 10.2. The number of pyridine rings is 1. The summed E-state index contributed by atoms with van der Waals surface area (Å²) in [5.41, 5.74) is 1.24. The van der Waals surface area contributed by atoms with Gasteiger partial charge in [0.15, 0.2) is 6.04 Å². The highest BCUT2D eigenvalue weighted by Crippen LogP contribution is 2.05. The topological polar surface area (TPSA) is 104 Å². The van der Waals surface area contributed by atoms with Crippen LogP contribution in [0.4, 0.5) is 0 Å². The van der Waals surface area contributed by atoms with Crippen molar-refractivity contribution in [3.8, 4) is 0 Å². The van der Waals surface area contributed by atoms with Crippen LogP contribution in [0, 0.1) is 0 Å². The van der Waals surface area contributed by atoms with Crippen molar-refractivity contribution in [2.24, 2.45) is 0 Å². The van der Waals surface area contributed by atoms with E-state index in [0.717, 1.165) is 0 Å². The van der Waals surface area contributed by atoms with Crippen LogP contribution >= 0.6 is 0 Å². The zero-order valence-electron chi connectivity index (χ0n) is 10.9. The highest BCUT2D eigenvalue weighted by atomic mass is 16.4. The maximum atomic E-state index is 11.8. The minimum absolute atomic E-state index is 0.0435. The van der Waals surface area contributed by atoms with E-state index < -0.39 is 24.0 Å². The molecule has 0 bridgehead atoms. The van der Waals surface area contributed by atoms with E-state index in [9.17, 15) is 14.7 Å². The van der Waals surface area contributed by atoms with Gasteiger partial charge in [-0.3, -0.25) is 4.79 Å². The number of carboxylic acid groups (broad SMARTS) is 1. The summed E-state index contributed by atoms with van der Waals surface area (Å²) < 4.78 is 1.77. The van der Waals surface area contributed by atoms with Crippen LogP contribution in [0.25, 0.3) is 5.65 Å². The van der Waals surface area contributed by atoms with Crippen molar-refractivity contribution in [1.82, 2.24) is 14.7 Å². The molecular formula is C13H15N3O4. The molecule has 0 aromatic carbocycles. The molecule has 2 heterocycles. The fraction of sp³-hybridized carbons (Fsp3) is 0.308. The summed E-state index contributed by atoms with van der Waals surface area (Å²) in [6, 6.07) is 4.16. The van der Waals surface area contributed by atoms with E-state index in [2.05, 4.69) is 10.3 Å². The van der Waals surface area contributed by atoms with Crippen LogP contribution in [0.3, 0.4) is 0 Å². The minimum Gasteiger partial charge on any atom is -0.480 e. The Bertz CT molecular complexity index is 602. The van der Waals surface area contributed by atoms with Crippen molar-refractivity contribution in [2.45, 2.75) is 25.5 Å². The van der Waals surface area contributed by atoms with Gasteiger partial charge in [0.25, 0.3) is 0 Å². The molecule has 0 aliphatic carbocycles. The molecule has 3 N–H and O–H groups in total. The molecule has 0 aliphatic rings. The molecule has 0 saturated heterocycles. The zero-order valence-corrected chi connectivity index (χ0v) is 10.9. The SMILES string of the molecule is CC(O)C(NC(=O)Cc1cn2ccccc2n1)C(=O)O. The van der Waals surface area contributed by atoms with Crippen molar-refractivity contribution >= 4 is 17.5 Å². The average molecular weight is 277 g/mol. The van der Waals surface area contributed by atoms with Gasteiger partial charge in [0, 0.05) is 12.4 Å². The van der Waals surface area contributed by atoms with Crippen LogP contribution < -0.4 is 5.32 Å². The number of amides is 1. The fourth-order valence-corrected chi connectivity index (χ4v) is 1.85. The van der Waals surface area contributed by atoms with Gasteiger partial charge in [-0.2, -0.15) is 0 Å². The molecule has 1 amide bonds. The third-order valence-electron chi connectivity index (χ3n) is 2.82. The highest BCUT2D eigenvalue weighted by molar-refractivity contribution is 5.85. The number of carbonyl (C=O) groups excluding carboxylic acids is 1. The molecule has 2 unspecified atom stereocenters. The van der Waals surface area contributed by atoms with Crippen molar-refractivity contribution in [3.63, 3.8) is 0 Å². The lowest BCUT2D eigenvalue weighted by molar-refractivity contribution is -0.144. The molecule has 0 saturated carbocycles. The van der Waals surface area contributed by atoms with E-state index in [1.165, 1.54) is 6.92 Å². The number of hydrogen-bond acceptors (Lipinski definition) is 4. The van der Waals surface area contributed by atoms with Gasteiger partial charge in [0.2, 0.25) is 5.91 Å². The Labute approximate surface area is 114 Å². The lowest BCUT2D eigenvalue weighted by Crippen LogP contribution is -2.48. The fourth-order valence-electron chi connectivity index (χ4n) is 1.85. The standard InChI is InChI=1S/C13H15N3O4/c1-8(17)12(13(19)20)15-11(18)6-9-7-16-5-3-2-4-10(16)14-9/h2-5,7-8,12,17H,6H2,1H3,(H,15,18)(H,19,20). The van der Waals surface area contributed by atoms with E-state index in [0.29, 0.717) is 11.3 Å². The number of carbonyl (C=O) groups is 2. The second-order valence-corrected chi connectivity index (χ2v) is 4.50. The molecule has 2 aromatic heterocycles. The predicted octanol–water partition coefficient (Wildman–Crippen LogP) is -0.173. The van der Waals surface area contributed by atoms with Crippen molar-refractivity contribution < 1.29 is 19.8 Å². The Kier molecular flexibility index (Phi) is 3.99. The van der Waals surface area contributed by atoms with E-state index in [4.69, 9.17) is 5.11 Å². The monoisotopic (exact) mass is 277 g/mol. The van der Waals surface area contributed by atoms with E-state index in [1.807, 2.05) is 12.1 Å². The first-order valence-electron chi connectivity index (χ1n) is 6.10. The molecule has 20 heavy (non-hydrogen) atoms. The Hall–Kier alpha value is -2.41. The van der Waals surface area contributed by atoms with Gasteiger partial charge in [-0.15, -0.1) is 0 Å². The summed E-state index contributed by atoms with van der Waals surface area (Å²) in [6.07, 6.45) is 2.29. The molecule has 7 nitrogen and oxygen atoms in total. The summed E-state index contributed by atoms with van der Waals surface area (Å²) in [5.74, 6) is -1.77. The molecule has 7 heteroatoms. The Balaban J connectivity index is 2.05. The van der Waals surface area contributed by atoms with E-state index in [1.54, 1.807) is 22.9 Å². The van der Waals surface area contributed by atoms with Crippen molar-refractivity contribution in [2.75, 3.05) is 0 Å².